The van der Waals surface area contributed by atoms with Gasteiger partial charge in [-0.1, -0.05) is 26.2 Å². The van der Waals surface area contributed by atoms with Gasteiger partial charge in [-0.3, -0.25) is 0 Å². The Balaban J connectivity index is 1.71. The molecule has 2 unspecified atom stereocenters. The lowest BCUT2D eigenvalue weighted by Crippen LogP contribution is -2.27. The third-order valence-corrected chi connectivity index (χ3v) is 4.76. The van der Waals surface area contributed by atoms with Gasteiger partial charge in [0.2, 0.25) is 0 Å². The van der Waals surface area contributed by atoms with Crippen molar-refractivity contribution in [2.24, 2.45) is 5.92 Å². The van der Waals surface area contributed by atoms with Gasteiger partial charge >= 0.3 is 0 Å². The van der Waals surface area contributed by atoms with Gasteiger partial charge in [-0.2, -0.15) is 0 Å². The molecule has 0 bridgehead atoms. The number of rotatable bonds is 6. The molecule has 0 aliphatic heterocycles. The Morgan fingerprint density at radius 2 is 1.90 bits per heavy atom. The average Bonchev–Trinajstić information content (AvgIpc) is 3.32. The van der Waals surface area contributed by atoms with E-state index in [-0.39, 0.29) is 0 Å². The molecule has 2 aliphatic rings. The zero-order valence-electron chi connectivity index (χ0n) is 13.4. The van der Waals surface area contributed by atoms with E-state index >= 15 is 0 Å². The summed E-state index contributed by atoms with van der Waals surface area (Å²) in [5, 5.41) is 7.01. The zero-order valence-corrected chi connectivity index (χ0v) is 13.4. The molecule has 2 aliphatic carbocycles. The van der Waals surface area contributed by atoms with Crippen molar-refractivity contribution in [3.8, 4) is 0 Å². The van der Waals surface area contributed by atoms with E-state index < -0.39 is 0 Å². The first-order chi connectivity index (χ1) is 10.3. The van der Waals surface area contributed by atoms with E-state index in [9.17, 15) is 0 Å². The molecule has 1 heterocycles. The Hall–Kier alpha value is -1.32. The first kappa shape index (κ1) is 14.6. The smallest absolute Gasteiger partial charge is 0.136 e. The molecule has 0 amide bonds. The fourth-order valence-electron chi connectivity index (χ4n) is 3.34. The first-order valence-corrected chi connectivity index (χ1v) is 8.67. The van der Waals surface area contributed by atoms with Crippen molar-refractivity contribution in [3.63, 3.8) is 0 Å². The standard InChI is InChI=1S/C17H28N4/c1-3-12-6-5-7-14(10-12)19-16-11-15(18-4-2)20-17(21-16)13-8-9-13/h11-14H,3-10H2,1-2H3,(H2,18,19,20,21). The summed E-state index contributed by atoms with van der Waals surface area (Å²) in [6.07, 6.45) is 9.10. The highest BCUT2D eigenvalue weighted by Gasteiger charge is 2.28. The molecule has 116 valence electrons. The zero-order chi connectivity index (χ0) is 14.7. The van der Waals surface area contributed by atoms with Gasteiger partial charge in [0, 0.05) is 24.6 Å². The summed E-state index contributed by atoms with van der Waals surface area (Å²) in [5.74, 6) is 4.50. The number of aromatic nitrogens is 2. The molecule has 1 aromatic heterocycles. The molecule has 4 nitrogen and oxygen atoms in total. The lowest BCUT2D eigenvalue weighted by molar-refractivity contribution is 0.327. The van der Waals surface area contributed by atoms with Gasteiger partial charge in [-0.15, -0.1) is 0 Å². The van der Waals surface area contributed by atoms with Gasteiger partial charge in [-0.25, -0.2) is 9.97 Å². The Morgan fingerprint density at radius 3 is 2.62 bits per heavy atom. The molecule has 21 heavy (non-hydrogen) atoms. The van der Waals surface area contributed by atoms with Gasteiger partial charge in [-0.05, 0) is 38.5 Å². The molecule has 0 radical (unpaired) electrons. The Morgan fingerprint density at radius 1 is 1.10 bits per heavy atom. The number of nitrogens with one attached hydrogen (secondary N) is 2. The van der Waals surface area contributed by atoms with Crippen molar-refractivity contribution >= 4 is 11.6 Å². The van der Waals surface area contributed by atoms with Crippen LogP contribution in [0.4, 0.5) is 11.6 Å². The fraction of sp³-hybridized carbons (Fsp3) is 0.765. The monoisotopic (exact) mass is 288 g/mol. The van der Waals surface area contributed by atoms with Crippen LogP contribution in [0.2, 0.25) is 0 Å². The Kier molecular flexibility index (Phi) is 4.61. The maximum absolute atomic E-state index is 4.76. The first-order valence-electron chi connectivity index (χ1n) is 8.67. The highest BCUT2D eigenvalue weighted by molar-refractivity contribution is 5.48. The predicted molar refractivity (Wildman–Crippen MR) is 87.8 cm³/mol. The van der Waals surface area contributed by atoms with E-state index in [2.05, 4.69) is 35.5 Å². The van der Waals surface area contributed by atoms with Crippen LogP contribution in [0.3, 0.4) is 0 Å². The summed E-state index contributed by atoms with van der Waals surface area (Å²) >= 11 is 0. The van der Waals surface area contributed by atoms with Crippen molar-refractivity contribution in [2.75, 3.05) is 17.2 Å². The number of nitrogens with zero attached hydrogens (tertiary/aromatic N) is 2. The average molecular weight is 288 g/mol. The van der Waals surface area contributed by atoms with E-state index in [1.54, 1.807) is 0 Å². The van der Waals surface area contributed by atoms with Crippen LogP contribution in [0, 0.1) is 5.92 Å². The molecule has 3 rings (SSSR count). The molecule has 2 saturated carbocycles. The predicted octanol–water partition coefficient (Wildman–Crippen LogP) is 4.17. The molecule has 0 saturated heterocycles. The minimum Gasteiger partial charge on any atom is -0.370 e. The summed E-state index contributed by atoms with van der Waals surface area (Å²) in [6.45, 7) is 5.33. The van der Waals surface area contributed by atoms with Crippen LogP contribution in [0.1, 0.15) is 70.5 Å². The third-order valence-electron chi connectivity index (χ3n) is 4.76. The van der Waals surface area contributed by atoms with Crippen molar-refractivity contribution in [1.82, 2.24) is 9.97 Å². The summed E-state index contributed by atoms with van der Waals surface area (Å²) < 4.78 is 0. The highest BCUT2D eigenvalue weighted by atomic mass is 15.1. The number of hydrogen-bond acceptors (Lipinski definition) is 4. The number of anilines is 2. The van der Waals surface area contributed by atoms with Crippen molar-refractivity contribution < 1.29 is 0 Å². The topological polar surface area (TPSA) is 49.8 Å². The van der Waals surface area contributed by atoms with Crippen molar-refractivity contribution in [3.05, 3.63) is 11.9 Å². The lowest BCUT2D eigenvalue weighted by atomic mass is 9.84. The second-order valence-corrected chi connectivity index (χ2v) is 6.58. The van der Waals surface area contributed by atoms with E-state index in [0.29, 0.717) is 12.0 Å². The van der Waals surface area contributed by atoms with Crippen LogP contribution in [0.5, 0.6) is 0 Å². The molecule has 4 heteroatoms. The molecular formula is C17H28N4. The summed E-state index contributed by atoms with van der Waals surface area (Å²) in [4.78, 5) is 9.41. The minimum atomic E-state index is 0.583. The SMILES string of the molecule is CCNc1cc(NC2CCCC(CC)C2)nc(C2CC2)n1. The van der Waals surface area contributed by atoms with Crippen LogP contribution >= 0.6 is 0 Å². The molecule has 2 N–H and O–H groups in total. The van der Waals surface area contributed by atoms with Crippen molar-refractivity contribution in [2.45, 2.75) is 70.8 Å². The normalized spacial score (nSPS) is 25.6. The van der Waals surface area contributed by atoms with Crippen LogP contribution in [0.15, 0.2) is 6.07 Å². The molecular weight excluding hydrogens is 260 g/mol. The maximum Gasteiger partial charge on any atom is 0.136 e. The summed E-state index contributed by atoms with van der Waals surface area (Å²) in [6, 6.07) is 2.66. The van der Waals surface area contributed by atoms with Crippen molar-refractivity contribution in [1.29, 1.82) is 0 Å². The number of hydrogen-bond donors (Lipinski definition) is 2. The quantitative estimate of drug-likeness (QED) is 0.825. The van der Waals surface area contributed by atoms with Gasteiger partial charge < -0.3 is 10.6 Å². The van der Waals surface area contributed by atoms with Gasteiger partial charge in [0.25, 0.3) is 0 Å². The highest BCUT2D eigenvalue weighted by Crippen LogP contribution is 2.39. The fourth-order valence-corrected chi connectivity index (χ4v) is 3.34. The molecule has 2 fully saturated rings. The molecule has 0 spiro atoms. The van der Waals surface area contributed by atoms with Crippen LogP contribution in [-0.4, -0.2) is 22.6 Å². The van der Waals surface area contributed by atoms with E-state index in [1.807, 2.05) is 0 Å². The van der Waals surface area contributed by atoms with Gasteiger partial charge in [0.15, 0.2) is 0 Å². The summed E-state index contributed by atoms with van der Waals surface area (Å²) in [7, 11) is 0. The van der Waals surface area contributed by atoms with E-state index in [1.165, 1.54) is 44.9 Å². The van der Waals surface area contributed by atoms with Crippen LogP contribution < -0.4 is 10.6 Å². The Labute approximate surface area is 128 Å². The lowest BCUT2D eigenvalue weighted by Gasteiger charge is -2.29. The maximum atomic E-state index is 4.76. The van der Waals surface area contributed by atoms with Gasteiger partial charge in [0.05, 0.1) is 0 Å². The van der Waals surface area contributed by atoms with Crippen LogP contribution in [-0.2, 0) is 0 Å². The second kappa shape index (κ2) is 6.63. The molecule has 2 atom stereocenters. The van der Waals surface area contributed by atoms with E-state index in [0.717, 1.165) is 29.9 Å². The largest absolute Gasteiger partial charge is 0.370 e. The Bertz CT molecular complexity index is 470. The second-order valence-electron chi connectivity index (χ2n) is 6.58. The molecule has 1 aromatic rings. The third kappa shape index (κ3) is 3.86. The van der Waals surface area contributed by atoms with Gasteiger partial charge in [0.1, 0.15) is 17.5 Å². The van der Waals surface area contributed by atoms with Crippen LogP contribution in [0.25, 0.3) is 0 Å². The summed E-state index contributed by atoms with van der Waals surface area (Å²) in [5.41, 5.74) is 0. The molecule has 0 aromatic carbocycles. The minimum absolute atomic E-state index is 0.583. The van der Waals surface area contributed by atoms with E-state index in [4.69, 9.17) is 4.98 Å².